The highest BCUT2D eigenvalue weighted by Gasteiger charge is 2.12. The van der Waals surface area contributed by atoms with Gasteiger partial charge in [-0.05, 0) is 56.3 Å². The van der Waals surface area contributed by atoms with Gasteiger partial charge in [-0.15, -0.1) is 0 Å². The van der Waals surface area contributed by atoms with Gasteiger partial charge in [0, 0.05) is 33.6 Å². The third-order valence-corrected chi connectivity index (χ3v) is 4.44. The summed E-state index contributed by atoms with van der Waals surface area (Å²) in [6.07, 6.45) is 0. The Hall–Kier alpha value is -4.06. The molecule has 0 saturated carbocycles. The molecule has 6 heteroatoms. The summed E-state index contributed by atoms with van der Waals surface area (Å²) in [7, 11) is 0. The smallest absolute Gasteiger partial charge is 0.255 e. The fourth-order valence-corrected chi connectivity index (χ4v) is 2.84. The summed E-state index contributed by atoms with van der Waals surface area (Å²) in [5, 5.41) is 5.46. The summed E-state index contributed by atoms with van der Waals surface area (Å²) in [4.78, 5) is 48.2. The molecule has 0 spiro atoms. The zero-order valence-electron chi connectivity index (χ0n) is 16.6. The van der Waals surface area contributed by atoms with Crippen LogP contribution in [0.1, 0.15) is 55.3 Å². The van der Waals surface area contributed by atoms with Crippen LogP contribution in [0.15, 0.2) is 72.8 Å². The molecule has 0 fully saturated rings. The first-order valence-corrected chi connectivity index (χ1v) is 9.28. The Morgan fingerprint density at radius 2 is 0.900 bits per heavy atom. The zero-order valence-corrected chi connectivity index (χ0v) is 16.6. The predicted octanol–water partition coefficient (Wildman–Crippen LogP) is 4.60. The Labute approximate surface area is 173 Å². The molecule has 3 aromatic rings. The third kappa shape index (κ3) is 5.05. The molecule has 3 rings (SSSR count). The molecule has 0 heterocycles. The number of rotatable bonds is 6. The average Bonchev–Trinajstić information content (AvgIpc) is 2.74. The number of hydrogen-bond acceptors (Lipinski definition) is 4. The topological polar surface area (TPSA) is 92.3 Å². The van der Waals surface area contributed by atoms with Gasteiger partial charge < -0.3 is 10.6 Å². The van der Waals surface area contributed by atoms with Crippen molar-refractivity contribution in [3.05, 3.63) is 95.1 Å². The summed E-state index contributed by atoms with van der Waals surface area (Å²) in [6, 6.07) is 19.6. The van der Waals surface area contributed by atoms with Crippen molar-refractivity contribution < 1.29 is 19.2 Å². The van der Waals surface area contributed by atoms with Crippen molar-refractivity contribution in [2.45, 2.75) is 13.8 Å². The number of carbonyl (C=O) groups excluding carboxylic acids is 4. The van der Waals surface area contributed by atoms with Crippen LogP contribution in [0.25, 0.3) is 0 Å². The molecule has 0 aliphatic carbocycles. The number of carbonyl (C=O) groups is 4. The first kappa shape index (κ1) is 20.7. The molecular weight excluding hydrogens is 380 g/mol. The van der Waals surface area contributed by atoms with Gasteiger partial charge in [0.25, 0.3) is 11.8 Å². The van der Waals surface area contributed by atoms with E-state index in [1.54, 1.807) is 66.7 Å². The van der Waals surface area contributed by atoms with Gasteiger partial charge in [-0.3, -0.25) is 19.2 Å². The van der Waals surface area contributed by atoms with Gasteiger partial charge in [-0.25, -0.2) is 0 Å². The van der Waals surface area contributed by atoms with Crippen LogP contribution in [0, 0.1) is 0 Å². The predicted molar refractivity (Wildman–Crippen MR) is 115 cm³/mol. The molecule has 2 amide bonds. The van der Waals surface area contributed by atoms with E-state index in [0.717, 1.165) is 0 Å². The highest BCUT2D eigenvalue weighted by atomic mass is 16.2. The zero-order chi connectivity index (χ0) is 21.7. The lowest BCUT2D eigenvalue weighted by Gasteiger charge is -2.09. The van der Waals surface area contributed by atoms with Crippen LogP contribution in [0.2, 0.25) is 0 Å². The van der Waals surface area contributed by atoms with E-state index in [2.05, 4.69) is 10.6 Å². The highest BCUT2D eigenvalue weighted by molar-refractivity contribution is 6.09. The normalized spacial score (nSPS) is 10.2. The Kier molecular flexibility index (Phi) is 6.17. The van der Waals surface area contributed by atoms with Crippen LogP contribution >= 0.6 is 0 Å². The SMILES string of the molecule is CC(=O)c1cccc(NC(=O)c2cccc(C(=O)Nc3cccc(C(C)=O)c3)c2)c1. The molecular formula is C24H20N2O4. The van der Waals surface area contributed by atoms with E-state index in [4.69, 9.17) is 0 Å². The van der Waals surface area contributed by atoms with Gasteiger partial charge in [0.1, 0.15) is 0 Å². The maximum atomic E-state index is 12.6. The number of amides is 2. The molecule has 30 heavy (non-hydrogen) atoms. The van der Waals surface area contributed by atoms with Crippen molar-refractivity contribution >= 4 is 34.8 Å². The Bertz CT molecular complexity index is 1060. The number of ketones is 2. The van der Waals surface area contributed by atoms with E-state index in [1.807, 2.05) is 0 Å². The first-order chi connectivity index (χ1) is 14.3. The maximum absolute atomic E-state index is 12.6. The highest BCUT2D eigenvalue weighted by Crippen LogP contribution is 2.16. The van der Waals surface area contributed by atoms with Gasteiger partial charge in [0.2, 0.25) is 0 Å². The summed E-state index contributed by atoms with van der Waals surface area (Å²) >= 11 is 0. The Morgan fingerprint density at radius 1 is 0.533 bits per heavy atom. The quantitative estimate of drug-likeness (QED) is 0.592. The monoisotopic (exact) mass is 400 g/mol. The van der Waals surface area contributed by atoms with Crippen molar-refractivity contribution in [1.29, 1.82) is 0 Å². The van der Waals surface area contributed by atoms with E-state index < -0.39 is 11.8 Å². The summed E-state index contributed by atoms with van der Waals surface area (Å²) in [5.74, 6) is -0.995. The largest absolute Gasteiger partial charge is 0.322 e. The molecule has 0 bridgehead atoms. The average molecular weight is 400 g/mol. The summed E-state index contributed by atoms with van der Waals surface area (Å²) in [6.45, 7) is 2.91. The fourth-order valence-electron chi connectivity index (χ4n) is 2.84. The van der Waals surface area contributed by atoms with E-state index in [9.17, 15) is 19.2 Å². The van der Waals surface area contributed by atoms with E-state index in [1.165, 1.54) is 19.9 Å². The summed E-state index contributed by atoms with van der Waals surface area (Å²) in [5.41, 5.74) is 2.57. The molecule has 3 aromatic carbocycles. The second-order valence-corrected chi connectivity index (χ2v) is 6.76. The number of benzene rings is 3. The second kappa shape index (κ2) is 8.96. The molecule has 6 nitrogen and oxygen atoms in total. The van der Waals surface area contributed by atoms with Gasteiger partial charge in [0.15, 0.2) is 11.6 Å². The minimum Gasteiger partial charge on any atom is -0.322 e. The fraction of sp³-hybridized carbons (Fsp3) is 0.0833. The van der Waals surface area contributed by atoms with Crippen LogP contribution in [0.3, 0.4) is 0 Å². The van der Waals surface area contributed by atoms with Crippen LogP contribution in [0.4, 0.5) is 11.4 Å². The maximum Gasteiger partial charge on any atom is 0.255 e. The van der Waals surface area contributed by atoms with Crippen LogP contribution in [-0.4, -0.2) is 23.4 Å². The van der Waals surface area contributed by atoms with Crippen molar-refractivity contribution in [3.8, 4) is 0 Å². The van der Waals surface area contributed by atoms with Gasteiger partial charge in [-0.2, -0.15) is 0 Å². The van der Waals surface area contributed by atoms with Gasteiger partial charge in [0.05, 0.1) is 0 Å². The Balaban J connectivity index is 1.75. The molecule has 150 valence electrons. The molecule has 0 saturated heterocycles. The summed E-state index contributed by atoms with van der Waals surface area (Å²) < 4.78 is 0. The van der Waals surface area contributed by atoms with Crippen molar-refractivity contribution in [1.82, 2.24) is 0 Å². The van der Waals surface area contributed by atoms with Crippen LogP contribution < -0.4 is 10.6 Å². The second-order valence-electron chi connectivity index (χ2n) is 6.76. The lowest BCUT2D eigenvalue weighted by atomic mass is 10.1. The number of nitrogens with one attached hydrogen (secondary N) is 2. The first-order valence-electron chi connectivity index (χ1n) is 9.28. The molecule has 0 radical (unpaired) electrons. The number of anilines is 2. The van der Waals surface area contributed by atoms with Gasteiger partial charge in [-0.1, -0.05) is 30.3 Å². The van der Waals surface area contributed by atoms with E-state index in [0.29, 0.717) is 33.6 Å². The lowest BCUT2D eigenvalue weighted by molar-refractivity contribution is 0.100. The number of hydrogen-bond donors (Lipinski definition) is 2. The molecule has 2 N–H and O–H groups in total. The third-order valence-electron chi connectivity index (χ3n) is 4.44. The standard InChI is InChI=1S/C24H20N2O4/c1-15(27)17-6-4-10-21(13-17)25-23(29)19-8-3-9-20(12-19)24(30)26-22-11-5-7-18(14-22)16(2)28/h3-14H,1-2H3,(H,25,29)(H,26,30). The van der Waals surface area contributed by atoms with Crippen LogP contribution in [0.5, 0.6) is 0 Å². The molecule has 0 atom stereocenters. The minimum absolute atomic E-state index is 0.0985. The van der Waals surface area contributed by atoms with Gasteiger partial charge >= 0.3 is 0 Å². The lowest BCUT2D eigenvalue weighted by Crippen LogP contribution is -2.16. The van der Waals surface area contributed by atoms with Crippen molar-refractivity contribution in [3.63, 3.8) is 0 Å². The van der Waals surface area contributed by atoms with Crippen LogP contribution in [-0.2, 0) is 0 Å². The Morgan fingerprint density at radius 3 is 1.30 bits per heavy atom. The van der Waals surface area contributed by atoms with E-state index in [-0.39, 0.29) is 11.6 Å². The molecule has 0 aliphatic heterocycles. The van der Waals surface area contributed by atoms with E-state index >= 15 is 0 Å². The molecule has 0 unspecified atom stereocenters. The number of Topliss-reactive ketones (excluding diaryl/α,β-unsaturated/α-hetero) is 2. The molecule has 0 aromatic heterocycles. The minimum atomic E-state index is -0.399. The van der Waals surface area contributed by atoms with Crippen molar-refractivity contribution in [2.24, 2.45) is 0 Å². The van der Waals surface area contributed by atoms with Crippen molar-refractivity contribution in [2.75, 3.05) is 10.6 Å². The molecule has 0 aliphatic rings.